The van der Waals surface area contributed by atoms with Gasteiger partial charge in [-0.2, -0.15) is 0 Å². The van der Waals surface area contributed by atoms with E-state index in [1.807, 2.05) is 0 Å². The lowest BCUT2D eigenvalue weighted by atomic mass is 10.2. The number of carbonyl (C=O) groups is 2. The quantitative estimate of drug-likeness (QED) is 0.614. The number of rotatable bonds is 3. The van der Waals surface area contributed by atoms with Gasteiger partial charge in [-0.1, -0.05) is 0 Å². The zero-order valence-corrected chi connectivity index (χ0v) is 9.58. The van der Waals surface area contributed by atoms with Crippen LogP contribution in [-0.4, -0.2) is 19.0 Å². The second-order valence-electron chi connectivity index (χ2n) is 3.42. The molecule has 0 fully saturated rings. The molecule has 2 rings (SSSR count). The van der Waals surface area contributed by atoms with Crippen LogP contribution in [0.3, 0.4) is 0 Å². The highest BCUT2D eigenvalue weighted by atomic mass is 16.5. The summed E-state index contributed by atoms with van der Waals surface area (Å²) >= 11 is 0. The first-order chi connectivity index (χ1) is 8.70. The molecule has 18 heavy (non-hydrogen) atoms. The SMILES string of the molecule is COC(=O)c1ccc(OC(=O)c2ccoc2)cc1. The fourth-order valence-electron chi connectivity index (χ4n) is 1.32. The van der Waals surface area contributed by atoms with E-state index in [-0.39, 0.29) is 0 Å². The maximum absolute atomic E-state index is 11.6. The van der Waals surface area contributed by atoms with E-state index in [9.17, 15) is 9.59 Å². The molecule has 0 saturated heterocycles. The molecule has 1 aromatic heterocycles. The van der Waals surface area contributed by atoms with Crippen molar-refractivity contribution in [1.82, 2.24) is 0 Å². The van der Waals surface area contributed by atoms with E-state index in [1.54, 1.807) is 0 Å². The number of hydrogen-bond donors (Lipinski definition) is 0. The molecule has 0 unspecified atom stereocenters. The van der Waals surface area contributed by atoms with Gasteiger partial charge in [0.2, 0.25) is 0 Å². The molecule has 2 aromatic rings. The van der Waals surface area contributed by atoms with Crippen LogP contribution in [0.25, 0.3) is 0 Å². The van der Waals surface area contributed by atoms with Gasteiger partial charge in [-0.25, -0.2) is 9.59 Å². The Labute approximate surface area is 103 Å². The van der Waals surface area contributed by atoms with Gasteiger partial charge in [-0.15, -0.1) is 0 Å². The minimum Gasteiger partial charge on any atom is -0.472 e. The molecule has 92 valence electrons. The molecule has 0 aliphatic heterocycles. The van der Waals surface area contributed by atoms with Crippen molar-refractivity contribution >= 4 is 11.9 Å². The molecule has 5 heteroatoms. The Balaban J connectivity index is 2.07. The molecule has 0 N–H and O–H groups in total. The lowest BCUT2D eigenvalue weighted by Crippen LogP contribution is -2.07. The Bertz CT molecular complexity index is 539. The van der Waals surface area contributed by atoms with Gasteiger partial charge in [0.25, 0.3) is 0 Å². The normalized spacial score (nSPS) is 9.83. The second-order valence-corrected chi connectivity index (χ2v) is 3.42. The highest BCUT2D eigenvalue weighted by Crippen LogP contribution is 2.15. The van der Waals surface area contributed by atoms with Crippen LogP contribution < -0.4 is 4.74 Å². The van der Waals surface area contributed by atoms with Crippen LogP contribution in [0.5, 0.6) is 5.75 Å². The van der Waals surface area contributed by atoms with E-state index in [0.29, 0.717) is 16.9 Å². The largest absolute Gasteiger partial charge is 0.472 e. The molecule has 0 radical (unpaired) electrons. The summed E-state index contributed by atoms with van der Waals surface area (Å²) in [5.74, 6) is -0.619. The van der Waals surface area contributed by atoms with E-state index in [2.05, 4.69) is 4.74 Å². The van der Waals surface area contributed by atoms with Gasteiger partial charge in [-0.3, -0.25) is 0 Å². The number of furan rings is 1. The third-order valence-electron chi connectivity index (χ3n) is 2.24. The Morgan fingerprint density at radius 1 is 1.00 bits per heavy atom. The lowest BCUT2D eigenvalue weighted by molar-refractivity contribution is 0.0600. The molecule has 0 atom stereocenters. The predicted molar refractivity (Wildman–Crippen MR) is 61.4 cm³/mol. The fraction of sp³-hybridized carbons (Fsp3) is 0.0769. The molecular formula is C13H10O5. The summed E-state index contributed by atoms with van der Waals surface area (Å²) in [7, 11) is 1.30. The van der Waals surface area contributed by atoms with Gasteiger partial charge in [0.15, 0.2) is 0 Å². The van der Waals surface area contributed by atoms with Crippen molar-refractivity contribution < 1.29 is 23.5 Å². The van der Waals surface area contributed by atoms with E-state index in [4.69, 9.17) is 9.15 Å². The molecule has 5 nitrogen and oxygen atoms in total. The van der Waals surface area contributed by atoms with Crippen molar-refractivity contribution in [3.8, 4) is 5.75 Å². The van der Waals surface area contributed by atoms with E-state index in [0.717, 1.165) is 0 Å². The van der Waals surface area contributed by atoms with E-state index in [1.165, 1.54) is 50.0 Å². The van der Waals surface area contributed by atoms with Crippen molar-refractivity contribution in [2.75, 3.05) is 7.11 Å². The van der Waals surface area contributed by atoms with Gasteiger partial charge in [0.1, 0.15) is 12.0 Å². The van der Waals surface area contributed by atoms with Gasteiger partial charge in [0.05, 0.1) is 24.5 Å². The van der Waals surface area contributed by atoms with E-state index >= 15 is 0 Å². The Hall–Kier alpha value is -2.56. The zero-order valence-electron chi connectivity index (χ0n) is 9.58. The minimum atomic E-state index is -0.519. The average Bonchev–Trinajstić information content (AvgIpc) is 2.92. The molecule has 0 aliphatic rings. The fourth-order valence-corrected chi connectivity index (χ4v) is 1.32. The minimum absolute atomic E-state index is 0.326. The average molecular weight is 246 g/mol. The Morgan fingerprint density at radius 3 is 2.28 bits per heavy atom. The monoisotopic (exact) mass is 246 g/mol. The maximum atomic E-state index is 11.6. The molecule has 1 heterocycles. The van der Waals surface area contributed by atoms with Crippen LogP contribution in [-0.2, 0) is 4.74 Å². The van der Waals surface area contributed by atoms with Crippen LogP contribution >= 0.6 is 0 Å². The highest BCUT2D eigenvalue weighted by molar-refractivity contribution is 5.91. The van der Waals surface area contributed by atoms with Crippen LogP contribution in [0.2, 0.25) is 0 Å². The first kappa shape index (κ1) is 11.9. The van der Waals surface area contributed by atoms with Crippen molar-refractivity contribution in [3.05, 3.63) is 54.0 Å². The second kappa shape index (κ2) is 5.18. The zero-order chi connectivity index (χ0) is 13.0. The van der Waals surface area contributed by atoms with Crippen molar-refractivity contribution in [3.63, 3.8) is 0 Å². The maximum Gasteiger partial charge on any atom is 0.346 e. The Morgan fingerprint density at radius 2 is 1.72 bits per heavy atom. The lowest BCUT2D eigenvalue weighted by Gasteiger charge is -2.03. The van der Waals surface area contributed by atoms with E-state index < -0.39 is 11.9 Å². The van der Waals surface area contributed by atoms with Gasteiger partial charge in [-0.05, 0) is 30.3 Å². The van der Waals surface area contributed by atoms with Crippen LogP contribution in [0, 0.1) is 0 Å². The topological polar surface area (TPSA) is 65.7 Å². The molecule has 0 spiro atoms. The molecule has 0 amide bonds. The summed E-state index contributed by atoms with van der Waals surface area (Å²) in [5.41, 5.74) is 0.715. The number of ether oxygens (including phenoxy) is 2. The summed E-state index contributed by atoms with van der Waals surface area (Å²) < 4.78 is 14.4. The number of methoxy groups -OCH3 is 1. The number of esters is 2. The predicted octanol–water partition coefficient (Wildman–Crippen LogP) is 2.29. The van der Waals surface area contributed by atoms with Crippen molar-refractivity contribution in [2.45, 2.75) is 0 Å². The molecule has 0 saturated carbocycles. The first-order valence-corrected chi connectivity index (χ1v) is 5.13. The third-order valence-corrected chi connectivity index (χ3v) is 2.24. The summed E-state index contributed by atoms with van der Waals surface area (Å²) in [6, 6.07) is 7.58. The highest BCUT2D eigenvalue weighted by Gasteiger charge is 2.10. The van der Waals surface area contributed by atoms with Crippen LogP contribution in [0.15, 0.2) is 47.3 Å². The summed E-state index contributed by atoms with van der Waals surface area (Å²) in [6.07, 6.45) is 2.68. The third kappa shape index (κ3) is 2.57. The molecule has 0 aliphatic carbocycles. The first-order valence-electron chi connectivity index (χ1n) is 5.13. The van der Waals surface area contributed by atoms with Crippen LogP contribution in [0.4, 0.5) is 0 Å². The van der Waals surface area contributed by atoms with Crippen molar-refractivity contribution in [2.24, 2.45) is 0 Å². The summed E-state index contributed by atoms with van der Waals surface area (Å²) in [5, 5.41) is 0. The summed E-state index contributed by atoms with van der Waals surface area (Å²) in [6.45, 7) is 0. The molecule has 1 aromatic carbocycles. The van der Waals surface area contributed by atoms with Crippen molar-refractivity contribution in [1.29, 1.82) is 0 Å². The number of hydrogen-bond acceptors (Lipinski definition) is 5. The molecular weight excluding hydrogens is 236 g/mol. The molecule has 0 bridgehead atoms. The standard InChI is InChI=1S/C13H10O5/c1-16-12(14)9-2-4-11(5-3-9)18-13(15)10-6-7-17-8-10/h2-8H,1H3. The summed E-state index contributed by atoms with van der Waals surface area (Å²) in [4.78, 5) is 22.8. The Kier molecular flexibility index (Phi) is 3.43. The van der Waals surface area contributed by atoms with Gasteiger partial charge >= 0.3 is 11.9 Å². The number of benzene rings is 1. The van der Waals surface area contributed by atoms with Gasteiger partial charge in [0, 0.05) is 0 Å². The van der Waals surface area contributed by atoms with Crippen LogP contribution in [0.1, 0.15) is 20.7 Å². The smallest absolute Gasteiger partial charge is 0.346 e. The number of carbonyl (C=O) groups excluding carboxylic acids is 2. The van der Waals surface area contributed by atoms with Gasteiger partial charge < -0.3 is 13.9 Å².